The van der Waals surface area contributed by atoms with Crippen LogP contribution in [-0.4, -0.2) is 11.9 Å². The lowest BCUT2D eigenvalue weighted by Crippen LogP contribution is -2.30. The van der Waals surface area contributed by atoms with Crippen molar-refractivity contribution in [3.8, 4) is 5.75 Å². The maximum absolute atomic E-state index is 6.05. The van der Waals surface area contributed by atoms with Crippen molar-refractivity contribution in [2.75, 3.05) is 5.32 Å². The second-order valence-corrected chi connectivity index (χ2v) is 5.34. The maximum atomic E-state index is 6.05. The highest BCUT2D eigenvalue weighted by atomic mass is 16.5. The van der Waals surface area contributed by atoms with E-state index < -0.39 is 0 Å². The highest BCUT2D eigenvalue weighted by molar-refractivity contribution is 6.10. The second-order valence-electron chi connectivity index (χ2n) is 5.34. The third-order valence-electron chi connectivity index (χ3n) is 3.73. The number of ether oxygens (including phenoxy) is 1. The van der Waals surface area contributed by atoms with Gasteiger partial charge in [0.1, 0.15) is 11.5 Å². The van der Waals surface area contributed by atoms with Gasteiger partial charge in [0.05, 0.1) is 5.69 Å². The predicted molar refractivity (Wildman–Crippen MR) is 93.6 cm³/mol. The Balaban J connectivity index is 1.73. The van der Waals surface area contributed by atoms with E-state index in [1.54, 1.807) is 0 Å². The Kier molecular flexibility index (Phi) is 3.53. The van der Waals surface area contributed by atoms with Crippen molar-refractivity contribution in [3.05, 3.63) is 90.5 Å². The minimum absolute atomic E-state index is 0.296. The van der Waals surface area contributed by atoms with E-state index in [1.807, 2.05) is 84.9 Å². The molecule has 3 aromatic carbocycles. The molecule has 1 atom stereocenters. The lowest BCUT2D eigenvalue weighted by Gasteiger charge is -2.15. The second kappa shape index (κ2) is 5.97. The minimum Gasteiger partial charge on any atom is -0.464 e. The summed E-state index contributed by atoms with van der Waals surface area (Å²) in [5.74, 6) is 0.857. The summed E-state index contributed by atoms with van der Waals surface area (Å²) in [6.07, 6.45) is -0.296. The van der Waals surface area contributed by atoms with Crippen molar-refractivity contribution in [3.63, 3.8) is 0 Å². The first-order valence-electron chi connectivity index (χ1n) is 7.61. The molecule has 3 aromatic rings. The fourth-order valence-corrected chi connectivity index (χ4v) is 2.65. The first-order valence-corrected chi connectivity index (χ1v) is 7.61. The monoisotopic (exact) mass is 300 g/mol. The number of nitrogens with one attached hydrogen (secondary N) is 1. The zero-order valence-corrected chi connectivity index (χ0v) is 12.5. The molecular weight excluding hydrogens is 284 g/mol. The van der Waals surface area contributed by atoms with E-state index in [9.17, 15) is 0 Å². The summed E-state index contributed by atoms with van der Waals surface area (Å²) in [4.78, 5) is 4.81. The summed E-state index contributed by atoms with van der Waals surface area (Å²) in [6.45, 7) is 0. The molecule has 0 saturated heterocycles. The van der Waals surface area contributed by atoms with Crippen LogP contribution in [0.25, 0.3) is 0 Å². The quantitative estimate of drug-likeness (QED) is 0.764. The van der Waals surface area contributed by atoms with Gasteiger partial charge in [-0.15, -0.1) is 0 Å². The van der Waals surface area contributed by atoms with Crippen LogP contribution in [0.5, 0.6) is 5.75 Å². The van der Waals surface area contributed by atoms with Gasteiger partial charge >= 0.3 is 0 Å². The Bertz CT molecular complexity index is 829. The largest absolute Gasteiger partial charge is 0.464 e. The molecule has 0 fully saturated rings. The molecule has 23 heavy (non-hydrogen) atoms. The van der Waals surface area contributed by atoms with Crippen LogP contribution in [0.3, 0.4) is 0 Å². The van der Waals surface area contributed by atoms with Gasteiger partial charge < -0.3 is 10.1 Å². The molecule has 0 radical (unpaired) electrons. The average molecular weight is 300 g/mol. The molecule has 3 nitrogen and oxygen atoms in total. The number of aliphatic imine (C=N–C) groups is 1. The third-order valence-corrected chi connectivity index (χ3v) is 3.73. The Labute approximate surface area is 135 Å². The molecule has 4 rings (SSSR count). The molecule has 1 unspecified atom stereocenters. The van der Waals surface area contributed by atoms with Crippen molar-refractivity contribution < 1.29 is 4.74 Å². The van der Waals surface area contributed by atoms with Crippen molar-refractivity contribution in [1.82, 2.24) is 0 Å². The van der Waals surface area contributed by atoms with Gasteiger partial charge in [-0.3, -0.25) is 0 Å². The number of hydrogen-bond acceptors (Lipinski definition) is 3. The molecule has 0 aliphatic carbocycles. The highest BCUT2D eigenvalue weighted by Gasteiger charge is 2.30. The molecule has 0 amide bonds. The van der Waals surface area contributed by atoms with Crippen molar-refractivity contribution in [2.45, 2.75) is 6.23 Å². The number of hydrogen-bond donors (Lipinski definition) is 1. The summed E-state index contributed by atoms with van der Waals surface area (Å²) in [7, 11) is 0. The fourth-order valence-electron chi connectivity index (χ4n) is 2.65. The van der Waals surface area contributed by atoms with Crippen LogP contribution in [0.2, 0.25) is 0 Å². The normalized spacial score (nSPS) is 17.6. The first kappa shape index (κ1) is 13.6. The average Bonchev–Trinajstić information content (AvgIpc) is 2.94. The van der Waals surface area contributed by atoms with Crippen LogP contribution >= 0.6 is 0 Å². The Morgan fingerprint density at radius 3 is 2.17 bits per heavy atom. The van der Waals surface area contributed by atoms with E-state index in [0.717, 1.165) is 28.4 Å². The summed E-state index contributed by atoms with van der Waals surface area (Å²) in [5, 5.41) is 3.41. The van der Waals surface area contributed by atoms with E-state index >= 15 is 0 Å². The first-order chi connectivity index (χ1) is 11.4. The third kappa shape index (κ3) is 2.81. The van der Waals surface area contributed by atoms with Gasteiger partial charge in [0.25, 0.3) is 0 Å². The van der Waals surface area contributed by atoms with Crippen molar-refractivity contribution >= 4 is 17.1 Å². The number of nitrogens with zero attached hydrogens (tertiary/aromatic N) is 1. The van der Waals surface area contributed by atoms with Crippen molar-refractivity contribution in [1.29, 1.82) is 0 Å². The topological polar surface area (TPSA) is 33.6 Å². The molecule has 1 aliphatic rings. The van der Waals surface area contributed by atoms with Gasteiger partial charge in [-0.1, -0.05) is 48.5 Å². The molecule has 0 bridgehead atoms. The summed E-state index contributed by atoms with van der Waals surface area (Å²) < 4.78 is 6.05. The number of anilines is 1. The van der Waals surface area contributed by atoms with Gasteiger partial charge in [0, 0.05) is 11.3 Å². The maximum Gasteiger partial charge on any atom is 0.214 e. The zero-order valence-electron chi connectivity index (χ0n) is 12.5. The smallest absolute Gasteiger partial charge is 0.214 e. The molecule has 1 N–H and O–H groups in total. The Hall–Kier alpha value is -3.07. The zero-order chi connectivity index (χ0) is 15.5. The van der Waals surface area contributed by atoms with Crippen LogP contribution in [0.1, 0.15) is 5.56 Å². The molecule has 3 heteroatoms. The molecule has 112 valence electrons. The van der Waals surface area contributed by atoms with E-state index in [2.05, 4.69) is 5.32 Å². The van der Waals surface area contributed by atoms with Crippen LogP contribution in [0, 0.1) is 0 Å². The van der Waals surface area contributed by atoms with E-state index in [0.29, 0.717) is 0 Å². The molecule has 0 spiro atoms. The highest BCUT2D eigenvalue weighted by Crippen LogP contribution is 2.31. The minimum atomic E-state index is -0.296. The Morgan fingerprint density at radius 2 is 1.39 bits per heavy atom. The molecule has 0 aromatic heterocycles. The van der Waals surface area contributed by atoms with E-state index in [-0.39, 0.29) is 6.23 Å². The molecular formula is C20H16N2O. The van der Waals surface area contributed by atoms with Crippen LogP contribution in [-0.2, 0) is 0 Å². The van der Waals surface area contributed by atoms with Crippen LogP contribution < -0.4 is 10.1 Å². The van der Waals surface area contributed by atoms with Gasteiger partial charge in [-0.05, 0) is 36.4 Å². The van der Waals surface area contributed by atoms with Gasteiger partial charge in [0.15, 0.2) is 0 Å². The lowest BCUT2D eigenvalue weighted by molar-refractivity contribution is 0.311. The molecule has 1 heterocycles. The fraction of sp³-hybridized carbons (Fsp3) is 0.0500. The number of benzene rings is 3. The van der Waals surface area contributed by atoms with Crippen molar-refractivity contribution in [2.24, 2.45) is 4.99 Å². The summed E-state index contributed by atoms with van der Waals surface area (Å²) in [5.41, 5.74) is 3.86. The van der Waals surface area contributed by atoms with Gasteiger partial charge in [0.2, 0.25) is 6.23 Å². The number of para-hydroxylation sites is 3. The number of fused-ring (bicyclic) bond motifs is 1. The van der Waals surface area contributed by atoms with Crippen LogP contribution in [0.15, 0.2) is 89.9 Å². The number of rotatable bonds is 3. The standard InChI is InChI=1S/C20H16N2O/c1-3-9-15(10-4-1)21-19-17-13-7-8-14-18(17)23-20(19)22-16-11-5-2-6-12-16/h1-14,20,22H. The summed E-state index contributed by atoms with van der Waals surface area (Å²) in [6, 6.07) is 28.0. The molecule has 1 aliphatic heterocycles. The molecule has 0 saturated carbocycles. The summed E-state index contributed by atoms with van der Waals surface area (Å²) >= 11 is 0. The lowest BCUT2D eigenvalue weighted by atomic mass is 10.1. The van der Waals surface area contributed by atoms with E-state index in [1.165, 1.54) is 0 Å². The van der Waals surface area contributed by atoms with Crippen LogP contribution in [0.4, 0.5) is 11.4 Å². The van der Waals surface area contributed by atoms with E-state index in [4.69, 9.17) is 9.73 Å². The van der Waals surface area contributed by atoms with Gasteiger partial charge in [-0.25, -0.2) is 4.99 Å². The SMILES string of the molecule is c1ccc(N=C2c3ccccc3OC2Nc2ccccc2)cc1. The van der Waals surface area contributed by atoms with Gasteiger partial charge in [-0.2, -0.15) is 0 Å². The Morgan fingerprint density at radius 1 is 0.739 bits per heavy atom. The predicted octanol–water partition coefficient (Wildman–Crippen LogP) is 4.64.